The van der Waals surface area contributed by atoms with E-state index in [9.17, 15) is 34.5 Å². The minimum atomic E-state index is -1.92. The molecule has 3 N–H and O–H groups in total. The summed E-state index contributed by atoms with van der Waals surface area (Å²) >= 11 is 0. The number of carboxylic acid groups (broad SMARTS) is 1. The maximum Gasteiger partial charge on any atom is 0.335 e. The maximum atomic E-state index is 13.1. The number of aliphatic carboxylic acids is 1. The molecule has 0 amide bonds. The minimum Gasteiger partial charge on any atom is -0.479 e. The van der Waals surface area contributed by atoms with Gasteiger partial charge in [-0.15, -0.1) is 0 Å². The van der Waals surface area contributed by atoms with Crippen LogP contribution in [0.3, 0.4) is 0 Å². The van der Waals surface area contributed by atoms with Crippen LogP contribution in [0.4, 0.5) is 0 Å². The SMILES string of the molecule is CC/C=C\C/C=C\C/C=C\C/C=C\C/C=C\CC(=O)OCC(COC1OC(C(=O)O)C(O)C(O)C1OC(=O)CCCCCCCC/C=C\C/C=C\C/C=C\CCCCC)OC(=O)CCCCCCCCCCCCC. The summed E-state index contributed by atoms with van der Waals surface area (Å²) in [6, 6.07) is 0. The molecule has 6 unspecified atom stereocenters. The number of allylic oxidation sites excluding steroid dienone is 15. The number of rotatable bonds is 48. The second-order valence-corrected chi connectivity index (χ2v) is 19.6. The first kappa shape index (κ1) is 68.7. The van der Waals surface area contributed by atoms with E-state index in [0.717, 1.165) is 103 Å². The van der Waals surface area contributed by atoms with Gasteiger partial charge in [-0.05, 0) is 83.5 Å². The lowest BCUT2D eigenvalue weighted by Gasteiger charge is -2.40. The molecule has 1 aliphatic rings. The number of aliphatic hydroxyl groups excluding tert-OH is 2. The summed E-state index contributed by atoms with van der Waals surface area (Å²) in [5.41, 5.74) is 0. The van der Waals surface area contributed by atoms with Crippen molar-refractivity contribution < 1.29 is 58.2 Å². The van der Waals surface area contributed by atoms with Gasteiger partial charge in [-0.3, -0.25) is 14.4 Å². The molecule has 1 fully saturated rings. The van der Waals surface area contributed by atoms with Crippen molar-refractivity contribution in [3.8, 4) is 0 Å². The Kier molecular flexibility index (Phi) is 46.2. The third kappa shape index (κ3) is 40.6. The molecule has 1 saturated heterocycles. The Morgan fingerprint density at radius 3 is 1.37 bits per heavy atom. The van der Waals surface area contributed by atoms with Crippen LogP contribution in [0.25, 0.3) is 0 Å². The number of unbranched alkanes of at least 4 members (excludes halogenated alkanes) is 19. The molecule has 0 aromatic carbocycles. The van der Waals surface area contributed by atoms with E-state index in [-0.39, 0.29) is 25.9 Å². The van der Waals surface area contributed by atoms with Crippen LogP contribution in [0.1, 0.15) is 226 Å². The van der Waals surface area contributed by atoms with Crippen LogP contribution in [-0.4, -0.2) is 89.2 Å². The number of hydrogen-bond donors (Lipinski definition) is 3. The molecule has 0 saturated carbocycles. The van der Waals surface area contributed by atoms with Gasteiger partial charge in [0, 0.05) is 12.8 Å². The molecular weight excluding hydrogens is 949 g/mol. The molecule has 0 radical (unpaired) electrons. The Bertz CT molecular complexity index is 1670. The van der Waals surface area contributed by atoms with E-state index >= 15 is 0 Å². The lowest BCUT2D eigenvalue weighted by molar-refractivity contribution is -0.301. The summed E-state index contributed by atoms with van der Waals surface area (Å²) in [4.78, 5) is 51.0. The number of ether oxygens (including phenoxy) is 5. The summed E-state index contributed by atoms with van der Waals surface area (Å²) < 4.78 is 28.3. The van der Waals surface area contributed by atoms with Crippen molar-refractivity contribution in [2.45, 2.75) is 263 Å². The molecule has 0 aromatic heterocycles. The lowest BCUT2D eigenvalue weighted by atomic mass is 9.98. The molecule has 1 heterocycles. The molecule has 0 spiro atoms. The fourth-order valence-electron chi connectivity index (χ4n) is 8.21. The van der Waals surface area contributed by atoms with Crippen molar-refractivity contribution in [1.82, 2.24) is 0 Å². The number of carbonyl (C=O) groups excluding carboxylic acids is 3. The molecule has 12 nitrogen and oxygen atoms in total. The Morgan fingerprint density at radius 2 is 0.880 bits per heavy atom. The van der Waals surface area contributed by atoms with Gasteiger partial charge in [-0.2, -0.15) is 0 Å². The molecule has 426 valence electrons. The van der Waals surface area contributed by atoms with Gasteiger partial charge in [0.15, 0.2) is 24.6 Å². The van der Waals surface area contributed by atoms with Crippen molar-refractivity contribution in [2.75, 3.05) is 13.2 Å². The summed E-state index contributed by atoms with van der Waals surface area (Å²) in [6.45, 7) is 5.74. The van der Waals surface area contributed by atoms with Gasteiger partial charge in [0.2, 0.25) is 0 Å². The van der Waals surface area contributed by atoms with Gasteiger partial charge in [-0.1, -0.05) is 221 Å². The molecule has 0 bridgehead atoms. The van der Waals surface area contributed by atoms with E-state index in [2.05, 4.69) is 99.8 Å². The van der Waals surface area contributed by atoms with Gasteiger partial charge < -0.3 is 39.0 Å². The van der Waals surface area contributed by atoms with E-state index in [1.807, 2.05) is 12.2 Å². The molecule has 1 rings (SSSR count). The second-order valence-electron chi connectivity index (χ2n) is 19.6. The van der Waals surface area contributed by atoms with Crippen molar-refractivity contribution in [2.24, 2.45) is 0 Å². The van der Waals surface area contributed by atoms with Crippen LogP contribution < -0.4 is 0 Å². The highest BCUT2D eigenvalue weighted by atomic mass is 16.7. The number of esters is 3. The van der Waals surface area contributed by atoms with Crippen LogP contribution in [-0.2, 0) is 42.9 Å². The zero-order valence-corrected chi connectivity index (χ0v) is 46.8. The first-order valence-electron chi connectivity index (χ1n) is 29.2. The average Bonchev–Trinajstić information content (AvgIpc) is 3.39. The van der Waals surface area contributed by atoms with Crippen LogP contribution in [0.2, 0.25) is 0 Å². The topological polar surface area (TPSA) is 175 Å². The zero-order chi connectivity index (χ0) is 54.7. The predicted octanol–water partition coefficient (Wildman–Crippen LogP) is 14.9. The third-order valence-corrected chi connectivity index (χ3v) is 12.7. The van der Waals surface area contributed by atoms with Crippen LogP contribution in [0, 0.1) is 0 Å². The minimum absolute atomic E-state index is 0.0181. The predicted molar refractivity (Wildman–Crippen MR) is 303 cm³/mol. The van der Waals surface area contributed by atoms with Crippen molar-refractivity contribution in [1.29, 1.82) is 0 Å². The van der Waals surface area contributed by atoms with Gasteiger partial charge in [0.25, 0.3) is 0 Å². The summed E-state index contributed by atoms with van der Waals surface area (Å²) in [7, 11) is 0. The number of hydrogen-bond acceptors (Lipinski definition) is 11. The quantitative estimate of drug-likeness (QED) is 0.0228. The fraction of sp³-hybridized carbons (Fsp3) is 0.683. The monoisotopic (exact) mass is 1050 g/mol. The third-order valence-electron chi connectivity index (χ3n) is 12.7. The first-order chi connectivity index (χ1) is 36.6. The Hall–Kier alpha value is -4.36. The normalized spacial score (nSPS) is 18.9. The largest absolute Gasteiger partial charge is 0.479 e. The Morgan fingerprint density at radius 1 is 0.467 bits per heavy atom. The highest BCUT2D eigenvalue weighted by Crippen LogP contribution is 2.26. The van der Waals surface area contributed by atoms with Gasteiger partial charge in [-0.25, -0.2) is 4.79 Å². The number of carbonyl (C=O) groups is 4. The molecular formula is C63H102O12. The van der Waals surface area contributed by atoms with E-state index < -0.39 is 67.3 Å². The Balaban J connectivity index is 2.72. The number of aliphatic hydroxyl groups is 2. The summed E-state index contributed by atoms with van der Waals surface area (Å²) in [5, 5.41) is 31.5. The van der Waals surface area contributed by atoms with Gasteiger partial charge in [0.1, 0.15) is 18.8 Å². The van der Waals surface area contributed by atoms with E-state index in [1.54, 1.807) is 6.08 Å². The van der Waals surface area contributed by atoms with E-state index in [1.165, 1.54) is 64.2 Å². The highest BCUT2D eigenvalue weighted by molar-refractivity contribution is 5.74. The highest BCUT2D eigenvalue weighted by Gasteiger charge is 2.50. The van der Waals surface area contributed by atoms with Gasteiger partial charge >= 0.3 is 23.9 Å². The van der Waals surface area contributed by atoms with Crippen molar-refractivity contribution in [3.05, 3.63) is 97.2 Å². The summed E-state index contributed by atoms with van der Waals surface area (Å²) in [5.74, 6) is -3.31. The van der Waals surface area contributed by atoms with Crippen LogP contribution >= 0.6 is 0 Å². The molecule has 0 aliphatic carbocycles. The standard InChI is InChI=1S/C63H102O12/c1-4-7-10-13-16-19-22-24-26-27-28-29-31-33-36-39-42-45-48-51-57(66)74-61-59(68)58(67)60(62(69)70)75-63(61)72-53-54(73-56(65)50-47-44-41-38-34-21-18-15-12-9-6-3)52-71-55(64)49-46-43-40-37-35-32-30-25-23-20-17-14-11-8-5-2/h8,11,16-17,19-20,24-26,28-30,35,37,43,46,54,58-61,63,67-68H,4-7,9-10,12-15,18,21-23,27,31-34,36,38-42,44-45,47-53H2,1-3H3,(H,69,70)/b11-8-,19-16-,20-17-,26-24-,29-28-,30-25-,37-35-,46-43-. The molecule has 6 atom stereocenters. The van der Waals surface area contributed by atoms with Crippen LogP contribution in [0.5, 0.6) is 0 Å². The molecule has 12 heteroatoms. The van der Waals surface area contributed by atoms with Gasteiger partial charge in [0.05, 0.1) is 13.0 Å². The van der Waals surface area contributed by atoms with Crippen molar-refractivity contribution >= 4 is 23.9 Å². The maximum absolute atomic E-state index is 13.1. The second kappa shape index (κ2) is 50.5. The first-order valence-corrected chi connectivity index (χ1v) is 29.2. The molecule has 0 aromatic rings. The van der Waals surface area contributed by atoms with Crippen molar-refractivity contribution in [3.63, 3.8) is 0 Å². The molecule has 1 aliphatic heterocycles. The smallest absolute Gasteiger partial charge is 0.335 e. The van der Waals surface area contributed by atoms with E-state index in [4.69, 9.17) is 23.7 Å². The average molecular weight is 1050 g/mol. The number of carboxylic acids is 1. The lowest BCUT2D eigenvalue weighted by Crippen LogP contribution is -2.61. The molecule has 75 heavy (non-hydrogen) atoms. The Labute approximate surface area is 453 Å². The van der Waals surface area contributed by atoms with Crippen LogP contribution in [0.15, 0.2) is 97.2 Å². The zero-order valence-electron chi connectivity index (χ0n) is 46.8. The summed E-state index contributed by atoms with van der Waals surface area (Å²) in [6.07, 6.45) is 54.0. The van der Waals surface area contributed by atoms with E-state index in [0.29, 0.717) is 19.3 Å². The fourth-order valence-corrected chi connectivity index (χ4v) is 8.21.